The second kappa shape index (κ2) is 20.5. The fraction of sp³-hybridized carbons (Fsp3) is 0.896. The summed E-state index contributed by atoms with van der Waals surface area (Å²) in [5.74, 6) is 0.256. The van der Waals surface area contributed by atoms with Crippen LogP contribution >= 0.6 is 22.6 Å². The molecule has 4 heterocycles. The van der Waals surface area contributed by atoms with Crippen LogP contribution in [0.3, 0.4) is 0 Å². The Bertz CT molecular complexity index is 1500. The van der Waals surface area contributed by atoms with Gasteiger partial charge in [-0.05, 0) is 118 Å². The molecule has 0 amide bonds. The fourth-order valence-corrected chi connectivity index (χ4v) is 13.5. The predicted octanol–water partition coefficient (Wildman–Crippen LogP) is 12.8. The van der Waals surface area contributed by atoms with E-state index in [-0.39, 0.29) is 81.2 Å². The summed E-state index contributed by atoms with van der Waals surface area (Å²) in [5, 5.41) is 9.86. The standard InChI is InChI=1S/C48H89IO9Si3/c1-32(21-19-20-22-37-30-48(31-49)39(52-37)26-24-36(55-48)29-33(2)34(3)51)40(56-59(13,14)45(4,5)6)42-44(58-61(17,18)47(10,11)12)43(57-60(15,16)46(7,8)9)41-38(54-42)25-23-35(53-41)27-28-50/h21,28,33,35-44,51H,3,19-20,22-27,29-31H2,1-2,4-18H3/b32-21+/t33-,35?,36?,37+,38+,39+,40+,41+,42+,43?,44?,48?/m1/s1. The van der Waals surface area contributed by atoms with Gasteiger partial charge in [0.15, 0.2) is 25.0 Å². The van der Waals surface area contributed by atoms with Crippen molar-refractivity contribution >= 4 is 53.8 Å². The molecule has 0 bridgehead atoms. The number of aliphatic hydroxyl groups excluding tert-OH is 1. The maximum Gasteiger partial charge on any atom is 0.193 e. The van der Waals surface area contributed by atoms with Gasteiger partial charge < -0.3 is 42.1 Å². The molecule has 0 spiro atoms. The Labute approximate surface area is 389 Å². The van der Waals surface area contributed by atoms with Crippen LogP contribution in [-0.2, 0) is 37.0 Å². The smallest absolute Gasteiger partial charge is 0.193 e. The summed E-state index contributed by atoms with van der Waals surface area (Å²) < 4.78 is 51.5. The minimum Gasteiger partial charge on any atom is -0.513 e. The lowest BCUT2D eigenvalue weighted by molar-refractivity contribution is -0.266. The van der Waals surface area contributed by atoms with Crippen LogP contribution < -0.4 is 0 Å². The van der Waals surface area contributed by atoms with Gasteiger partial charge in [-0.15, -0.1) is 0 Å². The number of alkyl halides is 1. The van der Waals surface area contributed by atoms with Crippen molar-refractivity contribution in [3.8, 4) is 0 Å². The predicted molar refractivity (Wildman–Crippen MR) is 266 cm³/mol. The molecule has 0 aromatic carbocycles. The molecule has 0 aliphatic carbocycles. The Kier molecular flexibility index (Phi) is 18.0. The van der Waals surface area contributed by atoms with E-state index in [0.717, 1.165) is 68.5 Å². The van der Waals surface area contributed by atoms with Gasteiger partial charge in [-0.2, -0.15) is 0 Å². The number of rotatable bonds is 18. The first-order valence-electron chi connectivity index (χ1n) is 23.6. The second-order valence-electron chi connectivity index (χ2n) is 23.8. The van der Waals surface area contributed by atoms with E-state index in [1.807, 2.05) is 6.92 Å². The van der Waals surface area contributed by atoms with Gasteiger partial charge in [0.2, 0.25) is 0 Å². The summed E-state index contributed by atoms with van der Waals surface area (Å²) in [6.45, 7) is 42.7. The van der Waals surface area contributed by atoms with Crippen LogP contribution in [0.1, 0.15) is 140 Å². The summed E-state index contributed by atoms with van der Waals surface area (Å²) in [6, 6.07) is 0. The maximum atomic E-state index is 11.8. The van der Waals surface area contributed by atoms with Gasteiger partial charge in [0.05, 0.1) is 42.4 Å². The van der Waals surface area contributed by atoms with Crippen LogP contribution in [0, 0.1) is 5.92 Å². The normalized spacial score (nSPS) is 33.1. The summed E-state index contributed by atoms with van der Waals surface area (Å²) in [4.78, 5) is 11.8. The van der Waals surface area contributed by atoms with Gasteiger partial charge in [0.25, 0.3) is 0 Å². The van der Waals surface area contributed by atoms with E-state index in [1.54, 1.807) is 0 Å². The molecule has 4 saturated heterocycles. The van der Waals surface area contributed by atoms with E-state index >= 15 is 0 Å². The minimum atomic E-state index is -2.41. The van der Waals surface area contributed by atoms with E-state index in [9.17, 15) is 9.90 Å². The van der Waals surface area contributed by atoms with Crippen LogP contribution in [0.25, 0.3) is 0 Å². The van der Waals surface area contributed by atoms with Crippen molar-refractivity contribution in [2.45, 2.75) is 261 Å². The quantitative estimate of drug-likeness (QED) is 0.0273. The molecular formula is C48H89IO9Si3. The molecule has 0 aromatic heterocycles. The molecule has 12 atom stereocenters. The number of ether oxygens (including phenoxy) is 4. The lowest BCUT2D eigenvalue weighted by atomic mass is 9.85. The molecule has 5 unspecified atom stereocenters. The highest BCUT2D eigenvalue weighted by atomic mass is 127. The first-order chi connectivity index (χ1) is 27.9. The number of hydrogen-bond acceptors (Lipinski definition) is 9. The zero-order chi connectivity index (χ0) is 46.1. The highest BCUT2D eigenvalue weighted by Crippen LogP contribution is 2.49. The number of hydrogen-bond donors (Lipinski definition) is 1. The molecule has 0 radical (unpaired) electrons. The molecule has 1 N–H and O–H groups in total. The maximum absolute atomic E-state index is 11.8. The van der Waals surface area contributed by atoms with Crippen LogP contribution in [0.4, 0.5) is 0 Å². The van der Waals surface area contributed by atoms with Gasteiger partial charge in [-0.3, -0.25) is 0 Å². The Morgan fingerprint density at radius 1 is 0.836 bits per heavy atom. The molecule has 4 rings (SSSR count). The van der Waals surface area contributed by atoms with E-state index in [2.05, 4.69) is 144 Å². The van der Waals surface area contributed by atoms with E-state index < -0.39 is 37.2 Å². The van der Waals surface area contributed by atoms with Crippen molar-refractivity contribution in [1.82, 2.24) is 0 Å². The summed E-state index contributed by atoms with van der Waals surface area (Å²) in [6.07, 6.45) is 9.87. The average Bonchev–Trinajstić information content (AvgIpc) is 3.50. The van der Waals surface area contributed by atoms with Gasteiger partial charge in [0.1, 0.15) is 36.3 Å². The zero-order valence-electron chi connectivity index (χ0n) is 41.6. The summed E-state index contributed by atoms with van der Waals surface area (Å²) in [7, 11) is -7.12. The first-order valence-corrected chi connectivity index (χ1v) is 33.9. The van der Waals surface area contributed by atoms with Crippen molar-refractivity contribution < 1.29 is 42.1 Å². The van der Waals surface area contributed by atoms with Gasteiger partial charge in [-0.1, -0.05) is 104 Å². The van der Waals surface area contributed by atoms with Crippen LogP contribution in [0.2, 0.25) is 54.4 Å². The number of halogens is 1. The Morgan fingerprint density at radius 3 is 1.95 bits per heavy atom. The van der Waals surface area contributed by atoms with Crippen molar-refractivity contribution in [2.24, 2.45) is 5.92 Å². The topological polar surface area (TPSA) is 102 Å². The zero-order valence-corrected chi connectivity index (χ0v) is 46.7. The lowest BCUT2D eigenvalue weighted by Gasteiger charge is -2.56. The number of aldehydes is 1. The van der Waals surface area contributed by atoms with Gasteiger partial charge in [0, 0.05) is 23.2 Å². The highest BCUT2D eigenvalue weighted by molar-refractivity contribution is 14.1. The van der Waals surface area contributed by atoms with Crippen LogP contribution in [-0.4, -0.2) is 107 Å². The number of allylic oxidation sites excluding steroid dienone is 2. The number of aliphatic hydroxyl groups is 1. The van der Waals surface area contributed by atoms with Crippen molar-refractivity contribution in [3.05, 3.63) is 24.0 Å². The van der Waals surface area contributed by atoms with Crippen LogP contribution in [0.15, 0.2) is 24.0 Å². The molecule has 0 saturated carbocycles. The molecule has 4 aliphatic rings. The largest absolute Gasteiger partial charge is 0.513 e. The number of fused-ring (bicyclic) bond motifs is 2. The second-order valence-corrected chi connectivity index (χ2v) is 38.8. The SMILES string of the molecule is C=C(O)[C@H](C)CC1CC[C@@H]2O[C@@H](CCC/C=C(\C)[C@H](O[Si](C)(C)C(C)(C)C)[C@@H]3O[C@H]4CCC(CC=O)O[C@@H]4C(O[Si](C)(C)C(C)(C)C)C3O[Si](C)(C)C(C)(C)C)CC2(CI)O1. The molecule has 4 aliphatic heterocycles. The molecule has 354 valence electrons. The Hall–Kier alpha value is 0.0506. The van der Waals surface area contributed by atoms with Gasteiger partial charge >= 0.3 is 0 Å². The monoisotopic (exact) mass is 1020 g/mol. The molecule has 9 nitrogen and oxygen atoms in total. The van der Waals surface area contributed by atoms with Crippen molar-refractivity contribution in [2.75, 3.05) is 4.43 Å². The summed E-state index contributed by atoms with van der Waals surface area (Å²) >= 11 is 2.48. The van der Waals surface area contributed by atoms with Gasteiger partial charge in [-0.25, -0.2) is 0 Å². The van der Waals surface area contributed by atoms with Crippen molar-refractivity contribution in [1.29, 1.82) is 0 Å². The third kappa shape index (κ3) is 12.9. The van der Waals surface area contributed by atoms with E-state index in [1.165, 1.54) is 5.57 Å². The minimum absolute atomic E-state index is 0.0205. The number of carbonyl (C=O) groups is 1. The number of carbonyl (C=O) groups excluding carboxylic acids is 1. The van der Waals surface area contributed by atoms with Crippen molar-refractivity contribution in [3.63, 3.8) is 0 Å². The molecule has 4 fully saturated rings. The Morgan fingerprint density at radius 2 is 1.41 bits per heavy atom. The summed E-state index contributed by atoms with van der Waals surface area (Å²) in [5.41, 5.74) is 0.904. The Balaban J connectivity index is 1.68. The van der Waals surface area contributed by atoms with E-state index in [4.69, 9.17) is 32.2 Å². The van der Waals surface area contributed by atoms with Crippen LogP contribution in [0.5, 0.6) is 0 Å². The molecular weight excluding hydrogens is 932 g/mol. The third-order valence-corrected chi connectivity index (χ3v) is 30.6. The first kappa shape index (κ1) is 53.7. The third-order valence-electron chi connectivity index (χ3n) is 15.9. The fourth-order valence-electron chi connectivity index (χ4n) is 8.65. The molecule has 61 heavy (non-hydrogen) atoms. The average molecular weight is 1020 g/mol. The highest BCUT2D eigenvalue weighted by Gasteiger charge is 2.58. The lowest BCUT2D eigenvalue weighted by Crippen LogP contribution is -2.69. The number of unbranched alkanes of at least 4 members (excludes halogenated alkanes) is 1. The molecule has 0 aromatic rings. The van der Waals surface area contributed by atoms with E-state index in [0.29, 0.717) is 6.42 Å². The molecule has 13 heteroatoms.